The second-order valence-electron chi connectivity index (χ2n) is 1.67. The van der Waals surface area contributed by atoms with Crippen LogP contribution in [-0.2, 0) is 15.0 Å². The van der Waals surface area contributed by atoms with E-state index in [1.165, 1.54) is 6.92 Å². The van der Waals surface area contributed by atoms with Crippen LogP contribution in [0.1, 0.15) is 6.92 Å². The van der Waals surface area contributed by atoms with Gasteiger partial charge >= 0.3 is 5.97 Å². The lowest BCUT2D eigenvalue weighted by atomic mass is 10.4. The van der Waals surface area contributed by atoms with Gasteiger partial charge in [-0.05, 0) is 6.92 Å². The molecule has 0 aromatic rings. The fraction of sp³-hybridized carbons (Fsp3) is 0.250. The molecule has 0 amide bonds. The Kier molecular flexibility index (Phi) is 5.59. The summed E-state index contributed by atoms with van der Waals surface area (Å²) in [6.07, 6.45) is 0. The van der Waals surface area contributed by atoms with Crippen LogP contribution in [0.4, 0.5) is 0 Å². The lowest BCUT2D eigenvalue weighted by Gasteiger charge is -1.79. The molecule has 11 heavy (non-hydrogen) atoms. The molecule has 0 saturated heterocycles. The van der Waals surface area contributed by atoms with E-state index < -0.39 is 16.2 Å². The maximum atomic E-state index is 9.60. The van der Waals surface area contributed by atoms with Gasteiger partial charge in [0.05, 0.1) is 0 Å². The minimum Gasteiger partial charge on any atom is -0.478 e. The van der Waals surface area contributed by atoms with Gasteiger partial charge in [-0.25, -0.2) is 15.1 Å². The van der Waals surface area contributed by atoms with Crippen molar-refractivity contribution in [2.45, 2.75) is 6.92 Å². The number of carbonyl (C=O) groups is 1. The molecule has 0 rings (SSSR count). The number of hydrogen-bond donors (Lipinski definition) is 3. The van der Waals surface area contributed by atoms with Crippen molar-refractivity contribution in [2.75, 3.05) is 0 Å². The van der Waals surface area contributed by atoms with E-state index in [4.69, 9.17) is 5.11 Å². The van der Waals surface area contributed by atoms with Crippen LogP contribution in [0, 0.1) is 0 Å². The van der Waals surface area contributed by atoms with E-state index in [0.717, 1.165) is 0 Å². The second kappa shape index (κ2) is 4.83. The third-order valence-electron chi connectivity index (χ3n) is 0.365. The van der Waals surface area contributed by atoms with Crippen LogP contribution in [0.2, 0.25) is 0 Å². The quantitative estimate of drug-likeness (QED) is 0.440. The predicted molar refractivity (Wildman–Crippen MR) is 39.7 cm³/mol. The van der Waals surface area contributed by atoms with Crippen LogP contribution in [0.15, 0.2) is 12.2 Å². The highest BCUT2D eigenvalue weighted by atomic mass is 32.2. The molecule has 0 fully saturated rings. The molecule has 0 saturated carbocycles. The zero-order valence-corrected chi connectivity index (χ0v) is 6.76. The lowest BCUT2D eigenvalue weighted by molar-refractivity contribution is -0.132. The Morgan fingerprint density at radius 3 is 1.55 bits per heavy atom. The Balaban J connectivity index is 0. The minimum absolute atomic E-state index is 0.176. The van der Waals surface area contributed by atoms with Gasteiger partial charge < -0.3 is 5.11 Å². The molecule has 66 valence electrons. The molecule has 0 aliphatic carbocycles. The van der Waals surface area contributed by atoms with Gasteiger partial charge in [-0.2, -0.15) is 8.42 Å². The third kappa shape index (κ3) is 48.0. The summed E-state index contributed by atoms with van der Waals surface area (Å²) >= 11 is 0. The van der Waals surface area contributed by atoms with Crippen LogP contribution in [0.25, 0.3) is 0 Å². The van der Waals surface area contributed by atoms with Crippen molar-refractivity contribution in [2.24, 2.45) is 10.3 Å². The number of aliphatic carboxylic acids is 1. The largest absolute Gasteiger partial charge is 0.478 e. The van der Waals surface area contributed by atoms with Crippen molar-refractivity contribution in [3.05, 3.63) is 12.2 Å². The second-order valence-corrected chi connectivity index (χ2v) is 2.85. The van der Waals surface area contributed by atoms with Gasteiger partial charge in [0.15, 0.2) is 0 Å². The van der Waals surface area contributed by atoms with Crippen molar-refractivity contribution in [3.63, 3.8) is 0 Å². The molecule has 0 unspecified atom stereocenters. The van der Waals surface area contributed by atoms with E-state index in [1.807, 2.05) is 0 Å². The maximum Gasteiger partial charge on any atom is 0.330 e. The molecule has 0 aromatic heterocycles. The first kappa shape index (κ1) is 12.7. The Labute approximate surface area is 64.7 Å². The van der Waals surface area contributed by atoms with Crippen molar-refractivity contribution < 1.29 is 18.3 Å². The van der Waals surface area contributed by atoms with Gasteiger partial charge in [0.1, 0.15) is 0 Å². The van der Waals surface area contributed by atoms with Crippen molar-refractivity contribution in [1.29, 1.82) is 0 Å². The average molecular weight is 182 g/mol. The first-order valence-corrected chi connectivity index (χ1v) is 3.95. The van der Waals surface area contributed by atoms with E-state index in [1.54, 1.807) is 0 Å². The highest BCUT2D eigenvalue weighted by Gasteiger charge is 1.90. The van der Waals surface area contributed by atoms with Crippen LogP contribution >= 0.6 is 0 Å². The first-order chi connectivity index (χ1) is 4.64. The number of carboxylic acid groups (broad SMARTS) is 1. The average Bonchev–Trinajstić information content (AvgIpc) is 1.59. The van der Waals surface area contributed by atoms with Crippen molar-refractivity contribution >= 4 is 16.2 Å². The van der Waals surface area contributed by atoms with E-state index in [0.29, 0.717) is 0 Å². The summed E-state index contributed by atoms with van der Waals surface area (Å²) in [4.78, 5) is 9.60. The van der Waals surface area contributed by atoms with Crippen molar-refractivity contribution in [1.82, 2.24) is 0 Å². The van der Waals surface area contributed by atoms with Gasteiger partial charge in [0, 0.05) is 5.57 Å². The van der Waals surface area contributed by atoms with Crippen LogP contribution in [0.5, 0.6) is 0 Å². The number of hydrogen-bond acceptors (Lipinski definition) is 3. The molecule has 0 aliphatic rings. The molecule has 0 atom stereocenters. The lowest BCUT2D eigenvalue weighted by Crippen LogP contribution is -2.21. The maximum absolute atomic E-state index is 9.60. The Bertz CT molecular complexity index is 223. The molecule has 7 heteroatoms. The topological polar surface area (TPSA) is 123 Å². The summed E-state index contributed by atoms with van der Waals surface area (Å²) < 4.78 is 18.4. The molecular weight excluding hydrogens is 172 g/mol. The molecule has 0 spiro atoms. The molecule has 0 bridgehead atoms. The molecule has 0 radical (unpaired) electrons. The molecule has 0 aromatic carbocycles. The van der Waals surface area contributed by atoms with Crippen LogP contribution < -0.4 is 10.3 Å². The smallest absolute Gasteiger partial charge is 0.330 e. The summed E-state index contributed by atoms with van der Waals surface area (Å²) in [6.45, 7) is 4.60. The highest BCUT2D eigenvalue weighted by Crippen LogP contribution is 1.81. The Hall–Kier alpha value is -0.920. The fourth-order valence-electron chi connectivity index (χ4n) is 0. The van der Waals surface area contributed by atoms with E-state index in [2.05, 4.69) is 16.9 Å². The van der Waals surface area contributed by atoms with Gasteiger partial charge in [-0.3, -0.25) is 0 Å². The molecule has 5 N–H and O–H groups in total. The standard InChI is InChI=1S/C4H6O2.H4N2O2S/c1-3(2)4(5)6;1-5(2,3)4/h1H2,2H3,(H,5,6);(H4,1,2,3,4). The zero-order chi connectivity index (χ0) is 9.65. The summed E-state index contributed by atoms with van der Waals surface area (Å²) in [5.41, 5.74) is 0.176. The summed E-state index contributed by atoms with van der Waals surface area (Å²) in [5, 5.41) is 16.1. The van der Waals surface area contributed by atoms with Gasteiger partial charge in [-0.15, -0.1) is 0 Å². The van der Waals surface area contributed by atoms with E-state index in [9.17, 15) is 13.2 Å². The highest BCUT2D eigenvalue weighted by molar-refractivity contribution is 7.86. The molecular formula is C4H10N2O4S. The summed E-state index contributed by atoms with van der Waals surface area (Å²) in [7, 11) is -3.67. The predicted octanol–water partition coefficient (Wildman–Crippen LogP) is -1.20. The molecule has 6 nitrogen and oxygen atoms in total. The van der Waals surface area contributed by atoms with Crippen molar-refractivity contribution in [3.8, 4) is 0 Å². The van der Waals surface area contributed by atoms with Crippen LogP contribution in [0.3, 0.4) is 0 Å². The van der Waals surface area contributed by atoms with Gasteiger partial charge in [-0.1, -0.05) is 6.58 Å². The Morgan fingerprint density at radius 1 is 1.45 bits per heavy atom. The summed E-state index contributed by atoms with van der Waals surface area (Å²) in [6, 6.07) is 0. The number of carboxylic acids is 1. The number of nitrogens with two attached hydrogens (primary N) is 2. The monoisotopic (exact) mass is 182 g/mol. The summed E-state index contributed by atoms with van der Waals surface area (Å²) in [5.74, 6) is -0.935. The first-order valence-electron chi connectivity index (χ1n) is 2.34. The van der Waals surface area contributed by atoms with Crippen LogP contribution in [-0.4, -0.2) is 19.5 Å². The molecule has 0 heterocycles. The third-order valence-corrected chi connectivity index (χ3v) is 0.365. The fourth-order valence-corrected chi connectivity index (χ4v) is 0. The van der Waals surface area contributed by atoms with Gasteiger partial charge in [0.25, 0.3) is 10.2 Å². The van der Waals surface area contributed by atoms with Gasteiger partial charge in [0.2, 0.25) is 0 Å². The zero-order valence-electron chi connectivity index (χ0n) is 5.94. The van der Waals surface area contributed by atoms with E-state index in [-0.39, 0.29) is 5.57 Å². The van der Waals surface area contributed by atoms with E-state index >= 15 is 0 Å². The SMILES string of the molecule is C=C(C)C(=O)O.NS(N)(=O)=O. The normalized spacial score (nSPS) is 9.36. The minimum atomic E-state index is -3.67. The number of rotatable bonds is 1. The molecule has 0 aliphatic heterocycles. The Morgan fingerprint density at radius 2 is 1.55 bits per heavy atom.